The molecule has 0 aliphatic heterocycles. The van der Waals surface area contributed by atoms with Crippen LogP contribution in [0.3, 0.4) is 0 Å². The highest BCUT2D eigenvalue weighted by Gasteiger charge is 2.08. The second-order valence-corrected chi connectivity index (χ2v) is 3.44. The van der Waals surface area contributed by atoms with Crippen LogP contribution >= 0.6 is 0 Å². The Balaban J connectivity index is 3.32. The Morgan fingerprint density at radius 1 is 1.13 bits per heavy atom. The summed E-state index contributed by atoms with van der Waals surface area (Å²) in [5.74, 6) is 0. The molecule has 90 valence electrons. The van der Waals surface area contributed by atoms with Gasteiger partial charge >= 0.3 is 0 Å². The number of unbranched alkanes of at least 4 members (excludes halogenated alkanes) is 3. The second-order valence-electron chi connectivity index (χ2n) is 3.44. The fraction of sp³-hybridized carbons (Fsp3) is 0.909. The van der Waals surface area contributed by atoms with Gasteiger partial charge in [-0.25, -0.2) is 0 Å². The summed E-state index contributed by atoms with van der Waals surface area (Å²) in [5.41, 5.74) is 0. The minimum atomic E-state index is -0.548. The largest absolute Gasteiger partial charge is 0.438 e. The van der Waals surface area contributed by atoms with Gasteiger partial charge in [0.05, 0.1) is 0 Å². The molecule has 0 aromatic rings. The molecule has 2 unspecified atom stereocenters. The van der Waals surface area contributed by atoms with E-state index in [1.807, 2.05) is 0 Å². The lowest BCUT2D eigenvalue weighted by molar-refractivity contribution is -0.222. The summed E-state index contributed by atoms with van der Waals surface area (Å²) < 4.78 is 15.2. The number of carbonyl (C=O) groups excluding carboxylic acids is 1. The first kappa shape index (κ1) is 14.4. The van der Waals surface area contributed by atoms with Crippen LogP contribution in [-0.2, 0) is 19.0 Å². The van der Waals surface area contributed by atoms with Crippen molar-refractivity contribution in [1.29, 1.82) is 0 Å². The molecule has 0 amide bonds. The lowest BCUT2D eigenvalue weighted by Crippen LogP contribution is -2.22. The molecule has 0 heterocycles. The Morgan fingerprint density at radius 3 is 2.47 bits per heavy atom. The van der Waals surface area contributed by atoms with Crippen molar-refractivity contribution in [2.45, 2.75) is 59.0 Å². The first-order valence-electron chi connectivity index (χ1n) is 5.56. The van der Waals surface area contributed by atoms with Crippen LogP contribution in [0, 0.1) is 0 Å². The second kappa shape index (κ2) is 9.93. The molecular formula is C11H22O4. The summed E-state index contributed by atoms with van der Waals surface area (Å²) >= 11 is 0. The Hall–Kier alpha value is -0.610. The lowest BCUT2D eigenvalue weighted by atomic mass is 10.2. The highest BCUT2D eigenvalue weighted by atomic mass is 16.8. The van der Waals surface area contributed by atoms with Gasteiger partial charge in [0.25, 0.3) is 6.47 Å². The molecule has 15 heavy (non-hydrogen) atoms. The van der Waals surface area contributed by atoms with Crippen LogP contribution in [-0.4, -0.2) is 25.7 Å². The summed E-state index contributed by atoms with van der Waals surface area (Å²) in [5, 5.41) is 0. The summed E-state index contributed by atoms with van der Waals surface area (Å²) in [6.07, 6.45) is 3.81. The molecule has 4 heteroatoms. The Labute approximate surface area is 91.9 Å². The van der Waals surface area contributed by atoms with Crippen LogP contribution in [0.15, 0.2) is 0 Å². The maximum Gasteiger partial charge on any atom is 0.295 e. The van der Waals surface area contributed by atoms with Gasteiger partial charge in [0.2, 0.25) is 6.29 Å². The molecule has 0 aromatic carbocycles. The molecule has 0 N–H and O–H groups in total. The van der Waals surface area contributed by atoms with Crippen molar-refractivity contribution in [2.24, 2.45) is 0 Å². The molecule has 0 radical (unpaired) electrons. The summed E-state index contributed by atoms with van der Waals surface area (Å²) in [4.78, 5) is 9.99. The molecule has 2 atom stereocenters. The predicted octanol–water partition coefficient (Wildman–Crippen LogP) is 2.46. The molecule has 0 spiro atoms. The highest BCUT2D eigenvalue weighted by molar-refractivity contribution is 5.37. The van der Waals surface area contributed by atoms with Crippen molar-refractivity contribution in [1.82, 2.24) is 0 Å². The lowest BCUT2D eigenvalue weighted by Gasteiger charge is -2.17. The van der Waals surface area contributed by atoms with Crippen molar-refractivity contribution in [3.05, 3.63) is 0 Å². The molecule has 4 nitrogen and oxygen atoms in total. The predicted molar refractivity (Wildman–Crippen MR) is 57.3 cm³/mol. The number of hydrogen-bond donors (Lipinski definition) is 0. The minimum absolute atomic E-state index is 0.332. The van der Waals surface area contributed by atoms with E-state index in [1.54, 1.807) is 13.8 Å². The van der Waals surface area contributed by atoms with Gasteiger partial charge in [-0.15, -0.1) is 0 Å². The zero-order valence-corrected chi connectivity index (χ0v) is 9.90. The van der Waals surface area contributed by atoms with E-state index in [0.717, 1.165) is 6.42 Å². The number of ether oxygens (including phenoxy) is 3. The highest BCUT2D eigenvalue weighted by Crippen LogP contribution is 2.04. The maximum absolute atomic E-state index is 9.99. The average molecular weight is 218 g/mol. The van der Waals surface area contributed by atoms with Gasteiger partial charge in [-0.05, 0) is 20.3 Å². The van der Waals surface area contributed by atoms with Gasteiger partial charge in [0, 0.05) is 6.61 Å². The van der Waals surface area contributed by atoms with E-state index in [4.69, 9.17) is 9.47 Å². The average Bonchev–Trinajstić information content (AvgIpc) is 2.17. The van der Waals surface area contributed by atoms with Gasteiger partial charge in [-0.3, -0.25) is 4.79 Å². The van der Waals surface area contributed by atoms with Gasteiger partial charge < -0.3 is 14.2 Å². The third kappa shape index (κ3) is 9.69. The van der Waals surface area contributed by atoms with Crippen LogP contribution in [0.1, 0.15) is 46.5 Å². The van der Waals surface area contributed by atoms with Gasteiger partial charge in [0.15, 0.2) is 6.29 Å². The summed E-state index contributed by atoms with van der Waals surface area (Å²) in [6.45, 7) is 6.69. The molecule has 0 rings (SSSR count). The SMILES string of the molecule is CCCCCCOC(C)OC(C)OC=O. The number of rotatable bonds is 10. The molecule has 0 bridgehead atoms. The third-order valence-electron chi connectivity index (χ3n) is 1.98. The van der Waals surface area contributed by atoms with Crippen LogP contribution in [0.25, 0.3) is 0 Å². The third-order valence-corrected chi connectivity index (χ3v) is 1.98. The van der Waals surface area contributed by atoms with Gasteiger partial charge in [-0.2, -0.15) is 0 Å². The smallest absolute Gasteiger partial charge is 0.295 e. The van der Waals surface area contributed by atoms with Crippen LogP contribution in [0.2, 0.25) is 0 Å². The van der Waals surface area contributed by atoms with E-state index in [-0.39, 0.29) is 6.29 Å². The summed E-state index contributed by atoms with van der Waals surface area (Å²) in [6, 6.07) is 0. The van der Waals surface area contributed by atoms with Crippen molar-refractivity contribution in [3.63, 3.8) is 0 Å². The number of hydrogen-bond acceptors (Lipinski definition) is 4. The molecule has 0 saturated heterocycles. The Kier molecular flexibility index (Phi) is 9.52. The monoisotopic (exact) mass is 218 g/mol. The summed E-state index contributed by atoms with van der Waals surface area (Å²) in [7, 11) is 0. The molecule has 0 aliphatic rings. The topological polar surface area (TPSA) is 44.8 Å². The first-order valence-corrected chi connectivity index (χ1v) is 5.56. The Bertz CT molecular complexity index is 150. The van der Waals surface area contributed by atoms with E-state index >= 15 is 0 Å². The minimum Gasteiger partial charge on any atom is -0.438 e. The van der Waals surface area contributed by atoms with Crippen LogP contribution in [0.5, 0.6) is 0 Å². The number of carbonyl (C=O) groups is 1. The van der Waals surface area contributed by atoms with Crippen molar-refractivity contribution >= 4 is 6.47 Å². The van der Waals surface area contributed by atoms with E-state index in [9.17, 15) is 4.79 Å². The van der Waals surface area contributed by atoms with Crippen LogP contribution in [0.4, 0.5) is 0 Å². The zero-order valence-electron chi connectivity index (χ0n) is 9.90. The van der Waals surface area contributed by atoms with Crippen molar-refractivity contribution in [2.75, 3.05) is 6.61 Å². The molecule has 0 aliphatic carbocycles. The molecular weight excluding hydrogens is 196 g/mol. The van der Waals surface area contributed by atoms with Gasteiger partial charge in [-0.1, -0.05) is 26.2 Å². The van der Waals surface area contributed by atoms with Crippen molar-refractivity contribution < 1.29 is 19.0 Å². The van der Waals surface area contributed by atoms with Gasteiger partial charge in [0.1, 0.15) is 0 Å². The molecule has 0 fully saturated rings. The standard InChI is InChI=1S/C11H22O4/c1-4-5-6-7-8-13-10(2)15-11(3)14-9-12/h9-11H,4-8H2,1-3H3. The normalized spacial score (nSPS) is 14.6. The fourth-order valence-corrected chi connectivity index (χ4v) is 1.20. The quantitative estimate of drug-likeness (QED) is 0.321. The fourth-order valence-electron chi connectivity index (χ4n) is 1.20. The van der Waals surface area contributed by atoms with E-state index in [0.29, 0.717) is 13.1 Å². The van der Waals surface area contributed by atoms with E-state index in [2.05, 4.69) is 11.7 Å². The first-order chi connectivity index (χ1) is 7.20. The van der Waals surface area contributed by atoms with E-state index in [1.165, 1.54) is 19.3 Å². The zero-order chi connectivity index (χ0) is 11.5. The van der Waals surface area contributed by atoms with Crippen molar-refractivity contribution in [3.8, 4) is 0 Å². The Morgan fingerprint density at radius 2 is 1.87 bits per heavy atom. The molecule has 0 aromatic heterocycles. The van der Waals surface area contributed by atoms with Crippen LogP contribution < -0.4 is 0 Å². The molecule has 0 saturated carbocycles. The maximum atomic E-state index is 9.99. The van der Waals surface area contributed by atoms with E-state index < -0.39 is 6.29 Å².